The summed E-state index contributed by atoms with van der Waals surface area (Å²) in [7, 11) is 3.03. The van der Waals surface area contributed by atoms with E-state index in [0.717, 1.165) is 10.1 Å². The Balaban J connectivity index is 2.04. The first-order valence-electron chi connectivity index (χ1n) is 9.66. The molecule has 3 heterocycles. The molecule has 3 aromatic rings. The minimum atomic E-state index is -1.000. The number of likely N-dealkylation sites (N-methyl/N-ethyl adjacent to an activating group) is 1. The lowest BCUT2D eigenvalue weighted by atomic mass is 9.92. The highest BCUT2D eigenvalue weighted by atomic mass is 16.4. The smallest absolute Gasteiger partial charge is 0.336 e. The second-order valence-electron chi connectivity index (χ2n) is 7.45. The Labute approximate surface area is 172 Å². The molecular formula is C22H22N4O4. The van der Waals surface area contributed by atoms with E-state index >= 15 is 0 Å². The molecule has 1 aromatic carbocycles. The third-order valence-corrected chi connectivity index (χ3v) is 5.54. The fourth-order valence-electron chi connectivity index (χ4n) is 3.97. The Bertz CT molecular complexity index is 1330. The van der Waals surface area contributed by atoms with Crippen molar-refractivity contribution >= 4 is 28.5 Å². The number of nitrogens with zero attached hydrogens (tertiary/aromatic N) is 4. The van der Waals surface area contributed by atoms with E-state index in [-0.39, 0.29) is 5.56 Å². The quantitative estimate of drug-likeness (QED) is 0.711. The molecule has 0 radical (unpaired) electrons. The van der Waals surface area contributed by atoms with Gasteiger partial charge in [0.15, 0.2) is 0 Å². The number of aromatic nitrogens is 3. The molecule has 0 unspecified atom stereocenters. The molecule has 1 aliphatic rings. The molecule has 0 fully saturated rings. The number of fused-ring (bicyclic) bond motifs is 2. The van der Waals surface area contributed by atoms with Gasteiger partial charge >= 0.3 is 11.7 Å². The number of para-hydroxylation sites is 1. The summed E-state index contributed by atoms with van der Waals surface area (Å²) < 4.78 is 2.41. The lowest BCUT2D eigenvalue weighted by Crippen LogP contribution is -2.38. The molecule has 1 N–H and O–H groups in total. The first kappa shape index (κ1) is 19.8. The summed E-state index contributed by atoms with van der Waals surface area (Å²) in [6.07, 6.45) is 3.22. The summed E-state index contributed by atoms with van der Waals surface area (Å²) >= 11 is 0. The van der Waals surface area contributed by atoms with Crippen molar-refractivity contribution in [1.82, 2.24) is 19.0 Å². The molecular weight excluding hydrogens is 384 g/mol. The second-order valence-corrected chi connectivity index (χ2v) is 7.45. The Morgan fingerprint density at radius 3 is 2.63 bits per heavy atom. The van der Waals surface area contributed by atoms with Gasteiger partial charge in [0.1, 0.15) is 0 Å². The molecule has 0 amide bonds. The van der Waals surface area contributed by atoms with E-state index in [4.69, 9.17) is 4.98 Å². The Morgan fingerprint density at radius 2 is 1.93 bits per heavy atom. The Morgan fingerprint density at radius 1 is 1.20 bits per heavy atom. The fourth-order valence-corrected chi connectivity index (χ4v) is 3.97. The Hall–Kier alpha value is -3.52. The van der Waals surface area contributed by atoms with Crippen molar-refractivity contribution in [3.8, 4) is 0 Å². The van der Waals surface area contributed by atoms with E-state index in [2.05, 4.69) is 4.90 Å². The number of aromatic carboxylic acids is 1. The number of pyridine rings is 1. The predicted octanol–water partition coefficient (Wildman–Crippen LogP) is 1.71. The summed E-state index contributed by atoms with van der Waals surface area (Å²) in [5.74, 6) is -1.000. The van der Waals surface area contributed by atoms with Gasteiger partial charge in [0.2, 0.25) is 0 Å². The molecule has 4 rings (SSSR count). The van der Waals surface area contributed by atoms with E-state index in [1.54, 1.807) is 31.3 Å². The van der Waals surface area contributed by atoms with Crippen LogP contribution in [-0.4, -0.2) is 43.2 Å². The average Bonchev–Trinajstić information content (AvgIpc) is 2.73. The van der Waals surface area contributed by atoms with Gasteiger partial charge in [0.05, 0.1) is 22.3 Å². The first-order chi connectivity index (χ1) is 14.3. The van der Waals surface area contributed by atoms with Crippen molar-refractivity contribution in [2.75, 3.05) is 13.1 Å². The second kappa shape index (κ2) is 7.38. The summed E-state index contributed by atoms with van der Waals surface area (Å²) in [5.41, 5.74) is 2.37. The largest absolute Gasteiger partial charge is 0.478 e. The van der Waals surface area contributed by atoms with Crippen LogP contribution in [0.15, 0.2) is 40.1 Å². The summed E-state index contributed by atoms with van der Waals surface area (Å²) in [5, 5.41) is 10.6. The normalized spacial score (nSPS) is 15.5. The average molecular weight is 406 g/mol. The van der Waals surface area contributed by atoms with Crippen LogP contribution in [0.1, 0.15) is 34.1 Å². The van der Waals surface area contributed by atoms with E-state index < -0.39 is 17.2 Å². The number of carboxylic acid groups (broad SMARTS) is 1. The summed E-state index contributed by atoms with van der Waals surface area (Å²) in [6, 6.07) is 7.18. The number of hydrogen-bond donors (Lipinski definition) is 1. The van der Waals surface area contributed by atoms with Crippen molar-refractivity contribution < 1.29 is 9.90 Å². The minimum absolute atomic E-state index is 0.244. The summed E-state index contributed by atoms with van der Waals surface area (Å²) in [4.78, 5) is 43.7. The molecule has 154 valence electrons. The van der Waals surface area contributed by atoms with Crippen LogP contribution in [-0.2, 0) is 20.6 Å². The summed E-state index contributed by atoms with van der Waals surface area (Å²) in [6.45, 7) is 3.71. The fraction of sp³-hybridized carbons (Fsp3) is 0.273. The molecule has 0 saturated heterocycles. The number of carboxylic acids is 1. The van der Waals surface area contributed by atoms with Crippen molar-refractivity contribution in [2.24, 2.45) is 14.1 Å². The van der Waals surface area contributed by atoms with Gasteiger partial charge in [-0.25, -0.2) is 14.6 Å². The van der Waals surface area contributed by atoms with Crippen molar-refractivity contribution in [1.29, 1.82) is 0 Å². The zero-order valence-electron chi connectivity index (χ0n) is 17.0. The number of aryl methyl sites for hydroxylation is 1. The molecule has 30 heavy (non-hydrogen) atoms. The highest BCUT2D eigenvalue weighted by Gasteiger charge is 2.28. The SMILES string of the molecule is CCN1C/C(=C/c2cn(C)c(=O)n(C)c2=O)c2nc3ccccc3c(C(=O)O)c2C1. The van der Waals surface area contributed by atoms with Gasteiger partial charge in [-0.05, 0) is 24.3 Å². The van der Waals surface area contributed by atoms with Gasteiger partial charge < -0.3 is 9.67 Å². The van der Waals surface area contributed by atoms with Crippen LogP contribution < -0.4 is 11.2 Å². The molecule has 0 atom stereocenters. The number of hydrogen-bond acceptors (Lipinski definition) is 5. The van der Waals surface area contributed by atoms with Gasteiger partial charge in [0.25, 0.3) is 5.56 Å². The van der Waals surface area contributed by atoms with Crippen molar-refractivity contribution in [3.63, 3.8) is 0 Å². The maximum absolute atomic E-state index is 12.6. The topological polar surface area (TPSA) is 97.4 Å². The third kappa shape index (κ3) is 3.15. The first-order valence-corrected chi connectivity index (χ1v) is 9.66. The van der Waals surface area contributed by atoms with Crippen molar-refractivity contribution in [2.45, 2.75) is 13.5 Å². The molecule has 0 spiro atoms. The van der Waals surface area contributed by atoms with Crippen molar-refractivity contribution in [3.05, 3.63) is 73.7 Å². The molecule has 1 aliphatic heterocycles. The zero-order valence-corrected chi connectivity index (χ0v) is 17.0. The maximum atomic E-state index is 12.6. The molecule has 8 heteroatoms. The molecule has 0 bridgehead atoms. The lowest BCUT2D eigenvalue weighted by Gasteiger charge is -2.30. The molecule has 0 saturated carbocycles. The van der Waals surface area contributed by atoms with Crippen LogP contribution in [0.3, 0.4) is 0 Å². The molecule has 8 nitrogen and oxygen atoms in total. The highest BCUT2D eigenvalue weighted by Crippen LogP contribution is 2.33. The predicted molar refractivity (Wildman–Crippen MR) is 114 cm³/mol. The van der Waals surface area contributed by atoms with E-state index in [9.17, 15) is 19.5 Å². The number of rotatable bonds is 3. The zero-order chi connectivity index (χ0) is 21.6. The van der Waals surface area contributed by atoms with Gasteiger partial charge in [-0.2, -0.15) is 0 Å². The van der Waals surface area contributed by atoms with Crippen LogP contribution in [0.25, 0.3) is 22.6 Å². The number of carbonyl (C=O) groups is 1. The Kier molecular flexibility index (Phi) is 4.87. The molecule has 0 aliphatic carbocycles. The van der Waals surface area contributed by atoms with Gasteiger partial charge in [0, 0.05) is 44.3 Å². The minimum Gasteiger partial charge on any atom is -0.478 e. The van der Waals surface area contributed by atoms with Crippen LogP contribution in [0.4, 0.5) is 0 Å². The van der Waals surface area contributed by atoms with Crippen LogP contribution in [0.2, 0.25) is 0 Å². The lowest BCUT2D eigenvalue weighted by molar-refractivity contribution is 0.0696. The van der Waals surface area contributed by atoms with E-state index in [1.165, 1.54) is 17.8 Å². The standard InChI is InChI=1S/C22H22N4O4/c1-4-26-11-13(9-14-10-24(2)22(30)25(3)20(14)27)19-16(12-26)18(21(28)29)15-7-5-6-8-17(15)23-19/h5-10H,4,11-12H2,1-3H3,(H,28,29)/b13-9-. The van der Waals surface area contributed by atoms with E-state index in [1.807, 2.05) is 13.0 Å². The third-order valence-electron chi connectivity index (χ3n) is 5.54. The molecule has 2 aromatic heterocycles. The van der Waals surface area contributed by atoms with Gasteiger partial charge in [-0.3, -0.25) is 14.3 Å². The number of benzene rings is 1. The van der Waals surface area contributed by atoms with Crippen LogP contribution in [0, 0.1) is 0 Å². The van der Waals surface area contributed by atoms with Crippen LogP contribution in [0.5, 0.6) is 0 Å². The maximum Gasteiger partial charge on any atom is 0.336 e. The van der Waals surface area contributed by atoms with Gasteiger partial charge in [-0.1, -0.05) is 25.1 Å². The van der Waals surface area contributed by atoms with Gasteiger partial charge in [-0.15, -0.1) is 0 Å². The van der Waals surface area contributed by atoms with E-state index in [0.29, 0.717) is 47.4 Å². The van der Waals surface area contributed by atoms with Crippen LogP contribution >= 0.6 is 0 Å². The highest BCUT2D eigenvalue weighted by molar-refractivity contribution is 6.05. The monoisotopic (exact) mass is 406 g/mol.